The lowest BCUT2D eigenvalue weighted by Crippen LogP contribution is -2.45. The van der Waals surface area contributed by atoms with Crippen LogP contribution in [0.5, 0.6) is 0 Å². The lowest BCUT2D eigenvalue weighted by molar-refractivity contribution is 0.141. The number of anilines is 1. The van der Waals surface area contributed by atoms with E-state index in [2.05, 4.69) is 20.6 Å². The Morgan fingerprint density at radius 3 is 3.16 bits per heavy atom. The van der Waals surface area contributed by atoms with Crippen LogP contribution in [0, 0.1) is 0 Å². The Bertz CT molecular complexity index is 366. The van der Waals surface area contributed by atoms with E-state index in [0.717, 1.165) is 38.7 Å². The topological polar surface area (TPSA) is 56.3 Å². The van der Waals surface area contributed by atoms with Gasteiger partial charge in [0, 0.05) is 51.3 Å². The van der Waals surface area contributed by atoms with E-state index in [4.69, 9.17) is 10.5 Å². The predicted molar refractivity (Wildman–Crippen MR) is 77.4 cm³/mol. The molecule has 0 aliphatic carbocycles. The van der Waals surface area contributed by atoms with Gasteiger partial charge in [0.05, 0.1) is 0 Å². The highest BCUT2D eigenvalue weighted by Gasteiger charge is 2.24. The summed E-state index contributed by atoms with van der Waals surface area (Å²) in [6, 6.07) is 0.446. The second-order valence-electron chi connectivity index (χ2n) is 5.05. The van der Waals surface area contributed by atoms with Gasteiger partial charge >= 0.3 is 0 Å². The molecule has 5 nitrogen and oxygen atoms in total. The second kappa shape index (κ2) is 7.50. The first-order chi connectivity index (χ1) is 9.36. The summed E-state index contributed by atoms with van der Waals surface area (Å²) in [5, 5.41) is 0. The van der Waals surface area contributed by atoms with E-state index in [9.17, 15) is 0 Å². The molecule has 0 radical (unpaired) electrons. The average molecular weight is 266 g/mol. The van der Waals surface area contributed by atoms with Crippen molar-refractivity contribution >= 4 is 5.95 Å². The number of hydrogen-bond donors (Lipinski definition) is 1. The summed E-state index contributed by atoms with van der Waals surface area (Å²) in [5.41, 5.74) is 5.89. The number of nitrogens with zero attached hydrogens (tertiary/aromatic N) is 3. The third kappa shape index (κ3) is 3.70. The van der Waals surface area contributed by atoms with Crippen LogP contribution in [0.1, 0.15) is 32.6 Å². The molecule has 0 spiro atoms. The van der Waals surface area contributed by atoms with Gasteiger partial charge in [-0.05, 0) is 32.6 Å². The molecule has 1 aliphatic heterocycles. The minimum Gasteiger partial charge on any atom is -0.382 e. The number of nitrogens with two attached hydrogens (primary N) is 1. The molecule has 5 heteroatoms. The van der Waals surface area contributed by atoms with Gasteiger partial charge in [0.1, 0.15) is 0 Å². The molecule has 0 bridgehead atoms. The van der Waals surface area contributed by atoms with Gasteiger partial charge in [-0.2, -0.15) is 0 Å². The van der Waals surface area contributed by atoms with Crippen LogP contribution in [0.25, 0.3) is 0 Å². The van der Waals surface area contributed by atoms with Crippen LogP contribution in [0.4, 0.5) is 5.95 Å². The van der Waals surface area contributed by atoms with E-state index >= 15 is 0 Å². The first-order valence-electron chi connectivity index (χ1n) is 7.42. The molecule has 1 atom stereocenters. The fraction of sp³-hybridized carbons (Fsp3) is 0.786. The fourth-order valence-electron chi connectivity index (χ4n) is 2.73. The van der Waals surface area contributed by atoms with Crippen molar-refractivity contribution in [2.45, 2.75) is 45.2 Å². The Balaban J connectivity index is 1.97. The Morgan fingerprint density at radius 2 is 2.37 bits per heavy atom. The van der Waals surface area contributed by atoms with Crippen molar-refractivity contribution in [2.24, 2.45) is 5.73 Å². The molecule has 2 N–H and O–H groups in total. The van der Waals surface area contributed by atoms with Gasteiger partial charge in [-0.3, -0.25) is 0 Å². The molecule has 0 aromatic carbocycles. The highest BCUT2D eigenvalue weighted by atomic mass is 16.5. The number of piperidine rings is 1. The monoisotopic (exact) mass is 266 g/mol. The maximum absolute atomic E-state index is 5.89. The van der Waals surface area contributed by atoms with Gasteiger partial charge in [0.2, 0.25) is 5.95 Å². The highest BCUT2D eigenvalue weighted by molar-refractivity contribution is 5.34. The molecular formula is C14H26N4O. The van der Waals surface area contributed by atoms with E-state index in [0.29, 0.717) is 12.6 Å². The molecule has 2 heterocycles. The normalized spacial score (nSPS) is 19.9. The number of imidazole rings is 1. The summed E-state index contributed by atoms with van der Waals surface area (Å²) in [6.07, 6.45) is 8.67. The molecular weight excluding hydrogens is 240 g/mol. The van der Waals surface area contributed by atoms with Crippen molar-refractivity contribution in [3.63, 3.8) is 0 Å². The maximum Gasteiger partial charge on any atom is 0.205 e. The summed E-state index contributed by atoms with van der Waals surface area (Å²) in [6.45, 7) is 6.38. The minimum absolute atomic E-state index is 0.446. The summed E-state index contributed by atoms with van der Waals surface area (Å²) in [5.74, 6) is 1.08. The molecule has 1 unspecified atom stereocenters. The SMILES string of the molecule is CCOCCCn1ccnc1N1CCCCC1CN. The van der Waals surface area contributed by atoms with E-state index in [1.54, 1.807) is 0 Å². The van der Waals surface area contributed by atoms with Crippen LogP contribution < -0.4 is 10.6 Å². The Hall–Kier alpha value is -1.07. The quantitative estimate of drug-likeness (QED) is 0.762. The van der Waals surface area contributed by atoms with Gasteiger partial charge in [-0.1, -0.05) is 0 Å². The predicted octanol–water partition coefficient (Wildman–Crippen LogP) is 1.63. The highest BCUT2D eigenvalue weighted by Crippen LogP contribution is 2.23. The van der Waals surface area contributed by atoms with Crippen molar-refractivity contribution in [3.8, 4) is 0 Å². The zero-order valence-electron chi connectivity index (χ0n) is 11.9. The molecule has 108 valence electrons. The molecule has 1 fully saturated rings. The zero-order chi connectivity index (χ0) is 13.5. The van der Waals surface area contributed by atoms with Crippen molar-refractivity contribution in [1.82, 2.24) is 9.55 Å². The third-order valence-electron chi connectivity index (χ3n) is 3.74. The molecule has 0 saturated carbocycles. The second-order valence-corrected chi connectivity index (χ2v) is 5.05. The molecule has 1 saturated heterocycles. The number of hydrogen-bond acceptors (Lipinski definition) is 4. The molecule has 1 aromatic rings. The third-order valence-corrected chi connectivity index (χ3v) is 3.74. The van der Waals surface area contributed by atoms with Gasteiger partial charge in [0.25, 0.3) is 0 Å². The van der Waals surface area contributed by atoms with Crippen LogP contribution in [0.2, 0.25) is 0 Å². The van der Waals surface area contributed by atoms with Crippen molar-refractivity contribution in [3.05, 3.63) is 12.4 Å². The van der Waals surface area contributed by atoms with E-state index in [1.165, 1.54) is 19.3 Å². The molecule has 0 amide bonds. The van der Waals surface area contributed by atoms with Crippen LogP contribution in [0.15, 0.2) is 12.4 Å². The van der Waals surface area contributed by atoms with Crippen molar-refractivity contribution in [2.75, 3.05) is 31.2 Å². The van der Waals surface area contributed by atoms with E-state index < -0.39 is 0 Å². The lowest BCUT2D eigenvalue weighted by Gasteiger charge is -2.36. The summed E-state index contributed by atoms with van der Waals surface area (Å²) >= 11 is 0. The minimum atomic E-state index is 0.446. The van der Waals surface area contributed by atoms with Gasteiger partial charge in [-0.15, -0.1) is 0 Å². The number of aromatic nitrogens is 2. The molecule has 1 aromatic heterocycles. The Labute approximate surface area is 115 Å². The first kappa shape index (κ1) is 14.3. The fourth-order valence-corrected chi connectivity index (χ4v) is 2.73. The number of aryl methyl sites for hydroxylation is 1. The Morgan fingerprint density at radius 1 is 1.47 bits per heavy atom. The Kier molecular flexibility index (Phi) is 5.66. The summed E-state index contributed by atoms with van der Waals surface area (Å²) < 4.78 is 7.62. The summed E-state index contributed by atoms with van der Waals surface area (Å²) in [7, 11) is 0. The first-order valence-corrected chi connectivity index (χ1v) is 7.42. The van der Waals surface area contributed by atoms with Crippen LogP contribution in [0.3, 0.4) is 0 Å². The smallest absolute Gasteiger partial charge is 0.205 e. The van der Waals surface area contributed by atoms with Crippen LogP contribution in [-0.4, -0.2) is 41.9 Å². The lowest BCUT2D eigenvalue weighted by atomic mass is 10.0. The molecule has 1 aliphatic rings. The molecule has 2 rings (SSSR count). The number of ether oxygens (including phenoxy) is 1. The van der Waals surface area contributed by atoms with Crippen molar-refractivity contribution in [1.29, 1.82) is 0 Å². The number of rotatable bonds is 7. The van der Waals surface area contributed by atoms with E-state index in [1.807, 2.05) is 13.1 Å². The zero-order valence-corrected chi connectivity index (χ0v) is 11.9. The van der Waals surface area contributed by atoms with Gasteiger partial charge < -0.3 is 19.9 Å². The van der Waals surface area contributed by atoms with Crippen LogP contribution >= 0.6 is 0 Å². The van der Waals surface area contributed by atoms with Crippen LogP contribution in [-0.2, 0) is 11.3 Å². The van der Waals surface area contributed by atoms with E-state index in [-0.39, 0.29) is 0 Å². The van der Waals surface area contributed by atoms with Gasteiger partial charge in [0.15, 0.2) is 0 Å². The van der Waals surface area contributed by atoms with Crippen molar-refractivity contribution < 1.29 is 4.74 Å². The molecule has 19 heavy (non-hydrogen) atoms. The standard InChI is InChI=1S/C14H26N4O/c1-2-19-11-5-8-17-10-7-16-14(17)18-9-4-3-6-13(18)12-15/h7,10,13H,2-6,8-9,11-12,15H2,1H3. The maximum atomic E-state index is 5.89. The largest absolute Gasteiger partial charge is 0.382 e. The average Bonchev–Trinajstić information content (AvgIpc) is 2.92. The van der Waals surface area contributed by atoms with Gasteiger partial charge in [-0.25, -0.2) is 4.98 Å². The summed E-state index contributed by atoms with van der Waals surface area (Å²) in [4.78, 5) is 6.91.